The number of fused-ring (bicyclic) bond motifs is 9. The Kier molecular flexibility index (Phi) is 5.95. The van der Waals surface area contributed by atoms with Gasteiger partial charge in [0.05, 0.1) is 11.1 Å². The van der Waals surface area contributed by atoms with E-state index in [1.54, 1.807) is 0 Å². The lowest BCUT2D eigenvalue weighted by Gasteiger charge is -2.28. The van der Waals surface area contributed by atoms with E-state index in [2.05, 4.69) is 183 Å². The highest BCUT2D eigenvalue weighted by Gasteiger charge is 2.36. The standard InChI is InChI=1S/C47H33NO/c1-47(2)41-15-8-7-14-38(41)39-27-25-36(29-42(39)47)48(35-23-20-31(21-24-35)34-19-18-30-10-3-4-12-33(30)28-34)43-16-9-17-44-45(43)40-26-22-32-11-5-6-13-37(32)46(40)49-44/h3-29H,1-2H3. The summed E-state index contributed by atoms with van der Waals surface area (Å²) in [4.78, 5) is 2.41. The second-order valence-electron chi connectivity index (χ2n) is 13.8. The number of rotatable bonds is 4. The minimum absolute atomic E-state index is 0.110. The molecule has 0 saturated carbocycles. The fraction of sp³-hybridized carbons (Fsp3) is 0.0638. The average molecular weight is 628 g/mol. The van der Waals surface area contributed by atoms with Gasteiger partial charge in [-0.1, -0.05) is 129 Å². The summed E-state index contributed by atoms with van der Waals surface area (Å²) in [6.07, 6.45) is 0. The van der Waals surface area contributed by atoms with E-state index in [1.807, 2.05) is 0 Å². The van der Waals surface area contributed by atoms with Crippen molar-refractivity contribution >= 4 is 60.5 Å². The number of hydrogen-bond acceptors (Lipinski definition) is 2. The van der Waals surface area contributed by atoms with Gasteiger partial charge in [-0.05, 0) is 98.1 Å². The SMILES string of the molecule is CC1(C)c2ccccc2-c2ccc(N(c3ccc(-c4ccc5ccccc5c4)cc3)c3cccc4oc5c6ccccc6ccc5c34)cc21. The van der Waals surface area contributed by atoms with Crippen molar-refractivity contribution in [3.05, 3.63) is 175 Å². The molecule has 0 atom stereocenters. The number of furan rings is 1. The molecule has 0 bridgehead atoms. The first-order valence-electron chi connectivity index (χ1n) is 17.0. The van der Waals surface area contributed by atoms with E-state index in [9.17, 15) is 0 Å². The first-order chi connectivity index (χ1) is 24.0. The van der Waals surface area contributed by atoms with Gasteiger partial charge in [0.25, 0.3) is 0 Å². The van der Waals surface area contributed by atoms with Crippen molar-refractivity contribution in [1.29, 1.82) is 0 Å². The van der Waals surface area contributed by atoms with Gasteiger partial charge in [0, 0.05) is 27.6 Å². The van der Waals surface area contributed by atoms with E-state index in [4.69, 9.17) is 4.42 Å². The van der Waals surface area contributed by atoms with E-state index in [0.29, 0.717) is 0 Å². The van der Waals surface area contributed by atoms with Crippen LogP contribution in [0.1, 0.15) is 25.0 Å². The molecule has 1 heterocycles. The molecule has 1 aliphatic rings. The van der Waals surface area contributed by atoms with Gasteiger partial charge in [-0.2, -0.15) is 0 Å². The number of anilines is 3. The van der Waals surface area contributed by atoms with Crippen LogP contribution in [0.2, 0.25) is 0 Å². The van der Waals surface area contributed by atoms with E-state index < -0.39 is 0 Å². The maximum Gasteiger partial charge on any atom is 0.143 e. The lowest BCUT2D eigenvalue weighted by Crippen LogP contribution is -2.16. The minimum Gasteiger partial charge on any atom is -0.455 e. The van der Waals surface area contributed by atoms with Crippen molar-refractivity contribution in [3.63, 3.8) is 0 Å². The molecule has 0 aliphatic heterocycles. The van der Waals surface area contributed by atoms with Gasteiger partial charge < -0.3 is 9.32 Å². The van der Waals surface area contributed by atoms with Gasteiger partial charge in [-0.25, -0.2) is 0 Å². The zero-order chi connectivity index (χ0) is 32.7. The molecule has 232 valence electrons. The summed E-state index contributed by atoms with van der Waals surface area (Å²) < 4.78 is 6.66. The van der Waals surface area contributed by atoms with Crippen LogP contribution in [0, 0.1) is 0 Å². The van der Waals surface area contributed by atoms with Crippen molar-refractivity contribution in [1.82, 2.24) is 0 Å². The Balaban J connectivity index is 1.19. The van der Waals surface area contributed by atoms with E-state index in [1.165, 1.54) is 49.5 Å². The highest BCUT2D eigenvalue weighted by molar-refractivity contribution is 6.19. The Morgan fingerprint density at radius 2 is 1.16 bits per heavy atom. The maximum atomic E-state index is 6.66. The van der Waals surface area contributed by atoms with Crippen LogP contribution < -0.4 is 4.90 Å². The largest absolute Gasteiger partial charge is 0.455 e. The fourth-order valence-corrected chi connectivity index (χ4v) is 8.15. The molecule has 10 rings (SSSR count). The summed E-state index contributed by atoms with van der Waals surface area (Å²) in [5.74, 6) is 0. The van der Waals surface area contributed by atoms with Crippen LogP contribution >= 0.6 is 0 Å². The third kappa shape index (κ3) is 4.20. The van der Waals surface area contributed by atoms with Crippen LogP contribution in [0.3, 0.4) is 0 Å². The van der Waals surface area contributed by atoms with Gasteiger partial charge in [-0.3, -0.25) is 0 Å². The van der Waals surface area contributed by atoms with Gasteiger partial charge >= 0.3 is 0 Å². The molecule has 0 fully saturated rings. The zero-order valence-corrected chi connectivity index (χ0v) is 27.4. The molecule has 1 aliphatic carbocycles. The van der Waals surface area contributed by atoms with Crippen molar-refractivity contribution in [2.24, 2.45) is 0 Å². The van der Waals surface area contributed by atoms with E-state index in [0.717, 1.165) is 44.4 Å². The number of nitrogens with zero attached hydrogens (tertiary/aromatic N) is 1. The fourth-order valence-electron chi connectivity index (χ4n) is 8.15. The maximum absolute atomic E-state index is 6.66. The van der Waals surface area contributed by atoms with Crippen LogP contribution in [0.5, 0.6) is 0 Å². The average Bonchev–Trinajstić information content (AvgIpc) is 3.65. The molecule has 0 spiro atoms. The molecule has 2 nitrogen and oxygen atoms in total. The normalized spacial score (nSPS) is 13.3. The molecular weight excluding hydrogens is 595 g/mol. The summed E-state index contributed by atoms with van der Waals surface area (Å²) in [5.41, 5.74) is 12.8. The highest BCUT2D eigenvalue weighted by Crippen LogP contribution is 2.51. The Bertz CT molecular complexity index is 2750. The highest BCUT2D eigenvalue weighted by atomic mass is 16.3. The van der Waals surface area contributed by atoms with Crippen LogP contribution in [0.15, 0.2) is 168 Å². The molecule has 0 unspecified atom stereocenters. The third-order valence-electron chi connectivity index (χ3n) is 10.6. The topological polar surface area (TPSA) is 16.4 Å². The van der Waals surface area contributed by atoms with Crippen molar-refractivity contribution < 1.29 is 4.42 Å². The molecule has 2 heteroatoms. The summed E-state index contributed by atoms with van der Waals surface area (Å²) >= 11 is 0. The molecule has 0 amide bonds. The van der Waals surface area contributed by atoms with E-state index in [-0.39, 0.29) is 5.41 Å². The predicted molar refractivity (Wildman–Crippen MR) is 206 cm³/mol. The Labute approximate surface area is 285 Å². The van der Waals surface area contributed by atoms with Gasteiger partial charge in [0.2, 0.25) is 0 Å². The molecule has 1 aromatic heterocycles. The second-order valence-corrected chi connectivity index (χ2v) is 13.8. The smallest absolute Gasteiger partial charge is 0.143 e. The number of benzene rings is 8. The van der Waals surface area contributed by atoms with Crippen molar-refractivity contribution in [3.8, 4) is 22.3 Å². The quantitative estimate of drug-likeness (QED) is 0.193. The van der Waals surface area contributed by atoms with Crippen LogP contribution in [-0.4, -0.2) is 0 Å². The molecule has 9 aromatic rings. The lowest BCUT2D eigenvalue weighted by atomic mass is 9.82. The molecule has 8 aromatic carbocycles. The summed E-state index contributed by atoms with van der Waals surface area (Å²) in [6, 6.07) is 59.5. The number of hydrogen-bond donors (Lipinski definition) is 0. The van der Waals surface area contributed by atoms with Crippen LogP contribution in [0.4, 0.5) is 17.1 Å². The van der Waals surface area contributed by atoms with Crippen LogP contribution in [0.25, 0.3) is 65.7 Å². The Morgan fingerprint density at radius 3 is 2.04 bits per heavy atom. The second kappa shape index (κ2) is 10.4. The molecule has 0 saturated heterocycles. The Morgan fingerprint density at radius 1 is 0.469 bits per heavy atom. The summed E-state index contributed by atoms with van der Waals surface area (Å²) in [5, 5.41) is 7.05. The minimum atomic E-state index is -0.110. The Hall–Kier alpha value is -6.12. The van der Waals surface area contributed by atoms with Crippen LogP contribution in [-0.2, 0) is 5.41 Å². The van der Waals surface area contributed by atoms with Crippen molar-refractivity contribution in [2.75, 3.05) is 4.90 Å². The molecule has 0 radical (unpaired) electrons. The van der Waals surface area contributed by atoms with Crippen molar-refractivity contribution in [2.45, 2.75) is 19.3 Å². The first kappa shape index (κ1) is 27.9. The third-order valence-corrected chi connectivity index (χ3v) is 10.6. The van der Waals surface area contributed by atoms with Gasteiger partial charge in [0.15, 0.2) is 0 Å². The molecule has 49 heavy (non-hydrogen) atoms. The summed E-state index contributed by atoms with van der Waals surface area (Å²) in [7, 11) is 0. The van der Waals surface area contributed by atoms with Gasteiger partial charge in [-0.15, -0.1) is 0 Å². The first-order valence-corrected chi connectivity index (χ1v) is 17.0. The van der Waals surface area contributed by atoms with Gasteiger partial charge in [0.1, 0.15) is 11.2 Å². The summed E-state index contributed by atoms with van der Waals surface area (Å²) in [6.45, 7) is 4.69. The zero-order valence-electron chi connectivity index (χ0n) is 27.4. The predicted octanol–water partition coefficient (Wildman–Crippen LogP) is 13.3. The lowest BCUT2D eigenvalue weighted by molar-refractivity contribution is 0.660. The van der Waals surface area contributed by atoms with E-state index >= 15 is 0 Å². The monoisotopic (exact) mass is 627 g/mol. The molecule has 0 N–H and O–H groups in total. The molecular formula is C47H33NO.